The van der Waals surface area contributed by atoms with E-state index in [1.807, 2.05) is 78.9 Å². The second-order valence-corrected chi connectivity index (χ2v) is 9.19. The highest BCUT2D eigenvalue weighted by molar-refractivity contribution is 5.89. The molecule has 1 aliphatic rings. The highest BCUT2D eigenvalue weighted by atomic mass is 16.3. The topological polar surface area (TPSA) is 92.5 Å². The van der Waals surface area contributed by atoms with E-state index in [-0.39, 0.29) is 22.9 Å². The zero-order valence-electron chi connectivity index (χ0n) is 19.9. The maximum Gasteiger partial charge on any atom is 0.138 e. The maximum atomic E-state index is 10.3. The quantitative estimate of drug-likeness (QED) is 0.138. The number of phenolic OH excluding ortho intramolecular Hbond substituents is 2. The summed E-state index contributed by atoms with van der Waals surface area (Å²) in [6.07, 6.45) is 0. The average Bonchev–Trinajstić information content (AvgIpc) is 3.23. The van der Waals surface area contributed by atoms with Crippen LogP contribution in [-0.4, -0.2) is 10.2 Å². The van der Waals surface area contributed by atoms with Crippen LogP contribution in [0.2, 0.25) is 0 Å². The van der Waals surface area contributed by atoms with Gasteiger partial charge in [-0.1, -0.05) is 78.6 Å². The number of anilines is 2. The van der Waals surface area contributed by atoms with Crippen LogP contribution < -0.4 is 11.5 Å². The van der Waals surface area contributed by atoms with Gasteiger partial charge in [0, 0.05) is 11.1 Å². The zero-order valence-corrected chi connectivity index (χ0v) is 19.9. The number of hydrogen-bond donors (Lipinski definition) is 4. The van der Waals surface area contributed by atoms with Crippen molar-refractivity contribution in [1.82, 2.24) is 0 Å². The molecular weight excluding hydrogens is 456 g/mol. The Balaban J connectivity index is 1.76. The molecular formula is C33H24N2O2. The molecule has 6 rings (SSSR count). The lowest BCUT2D eigenvalue weighted by atomic mass is 9.66. The molecule has 0 unspecified atom stereocenters. The first kappa shape index (κ1) is 22.3. The van der Waals surface area contributed by atoms with Gasteiger partial charge in [0.15, 0.2) is 0 Å². The molecule has 178 valence electrons. The van der Waals surface area contributed by atoms with Crippen LogP contribution in [0.3, 0.4) is 0 Å². The van der Waals surface area contributed by atoms with Gasteiger partial charge in [0.25, 0.3) is 0 Å². The Morgan fingerprint density at radius 2 is 1.16 bits per heavy atom. The number of hydrogen-bond acceptors (Lipinski definition) is 4. The number of fused-ring (bicyclic) bond motifs is 3. The van der Waals surface area contributed by atoms with Gasteiger partial charge in [-0.15, -0.1) is 0 Å². The summed E-state index contributed by atoms with van der Waals surface area (Å²) >= 11 is 0. The van der Waals surface area contributed by atoms with Gasteiger partial charge in [0.1, 0.15) is 11.5 Å². The third-order valence-electron chi connectivity index (χ3n) is 7.10. The third-order valence-corrected chi connectivity index (χ3v) is 7.10. The van der Waals surface area contributed by atoms with E-state index < -0.39 is 5.41 Å². The summed E-state index contributed by atoms with van der Waals surface area (Å²) in [5.41, 5.74) is 20.0. The molecule has 5 aromatic rings. The first-order valence-corrected chi connectivity index (χ1v) is 12.0. The van der Waals surface area contributed by atoms with Gasteiger partial charge < -0.3 is 21.7 Å². The van der Waals surface area contributed by atoms with Crippen molar-refractivity contribution >= 4 is 11.4 Å². The van der Waals surface area contributed by atoms with E-state index in [1.54, 1.807) is 12.1 Å². The Labute approximate surface area is 215 Å². The van der Waals surface area contributed by atoms with Gasteiger partial charge in [-0.3, -0.25) is 0 Å². The molecule has 1 aliphatic carbocycles. The summed E-state index contributed by atoms with van der Waals surface area (Å²) < 4.78 is 0. The molecule has 0 spiro atoms. The normalized spacial score (nSPS) is 12.8. The number of nitrogen functional groups attached to an aromatic ring is 2. The number of aromatic hydroxyl groups is 2. The SMILES string of the molecule is Nc1cc(C2(c3ccc(O)c(N)c3)c3ccccc3-c3cccc(C#Cc4ccccc4)c32)ccc1O. The highest BCUT2D eigenvalue weighted by Crippen LogP contribution is 2.58. The molecule has 0 bridgehead atoms. The molecule has 6 N–H and O–H groups in total. The van der Waals surface area contributed by atoms with E-state index in [1.165, 1.54) is 0 Å². The van der Waals surface area contributed by atoms with Crippen molar-refractivity contribution in [3.05, 3.63) is 143 Å². The minimum atomic E-state index is -0.836. The maximum absolute atomic E-state index is 10.3. The van der Waals surface area contributed by atoms with Crippen molar-refractivity contribution in [2.45, 2.75) is 5.41 Å². The van der Waals surface area contributed by atoms with Crippen molar-refractivity contribution in [2.24, 2.45) is 0 Å². The van der Waals surface area contributed by atoms with Crippen molar-refractivity contribution in [3.63, 3.8) is 0 Å². The Kier molecular flexibility index (Phi) is 5.14. The predicted molar refractivity (Wildman–Crippen MR) is 148 cm³/mol. The lowest BCUT2D eigenvalue weighted by Gasteiger charge is -2.35. The first-order valence-electron chi connectivity index (χ1n) is 12.0. The van der Waals surface area contributed by atoms with Crippen LogP contribution >= 0.6 is 0 Å². The van der Waals surface area contributed by atoms with Gasteiger partial charge in [-0.2, -0.15) is 0 Å². The molecule has 0 saturated heterocycles. The summed E-state index contributed by atoms with van der Waals surface area (Å²) in [6.45, 7) is 0. The second kappa shape index (κ2) is 8.51. The fourth-order valence-electron chi connectivity index (χ4n) is 5.47. The molecule has 0 fully saturated rings. The summed E-state index contributed by atoms with van der Waals surface area (Å²) in [5.74, 6) is 6.79. The highest BCUT2D eigenvalue weighted by Gasteiger charge is 2.47. The largest absolute Gasteiger partial charge is 0.506 e. The first-order chi connectivity index (χ1) is 18.0. The molecule has 0 radical (unpaired) electrons. The van der Waals surface area contributed by atoms with Crippen LogP contribution in [0.15, 0.2) is 109 Å². The molecule has 37 heavy (non-hydrogen) atoms. The fourth-order valence-corrected chi connectivity index (χ4v) is 5.47. The van der Waals surface area contributed by atoms with Crippen LogP contribution in [0.25, 0.3) is 11.1 Å². The monoisotopic (exact) mass is 480 g/mol. The van der Waals surface area contributed by atoms with Crippen molar-refractivity contribution in [1.29, 1.82) is 0 Å². The number of phenols is 2. The van der Waals surface area contributed by atoms with E-state index in [4.69, 9.17) is 11.5 Å². The smallest absolute Gasteiger partial charge is 0.138 e. The lowest BCUT2D eigenvalue weighted by molar-refractivity contribution is 0.477. The predicted octanol–water partition coefficient (Wildman–Crippen LogP) is 6.03. The van der Waals surface area contributed by atoms with Gasteiger partial charge in [0.2, 0.25) is 0 Å². The molecule has 5 aromatic carbocycles. The van der Waals surface area contributed by atoms with Crippen LogP contribution in [0.1, 0.15) is 33.4 Å². The van der Waals surface area contributed by atoms with Crippen LogP contribution in [0.5, 0.6) is 11.5 Å². The molecule has 0 atom stereocenters. The van der Waals surface area contributed by atoms with Crippen molar-refractivity contribution in [2.75, 3.05) is 11.5 Å². The molecule has 0 heterocycles. The summed E-state index contributed by atoms with van der Waals surface area (Å²) in [6, 6.07) is 34.9. The van der Waals surface area contributed by atoms with Gasteiger partial charge in [-0.05, 0) is 75.8 Å². The van der Waals surface area contributed by atoms with Crippen LogP contribution in [-0.2, 0) is 5.41 Å². The van der Waals surface area contributed by atoms with Crippen LogP contribution in [0.4, 0.5) is 11.4 Å². The van der Waals surface area contributed by atoms with Crippen LogP contribution in [0, 0.1) is 11.8 Å². The van der Waals surface area contributed by atoms with E-state index >= 15 is 0 Å². The summed E-state index contributed by atoms with van der Waals surface area (Å²) in [4.78, 5) is 0. The van der Waals surface area contributed by atoms with E-state index in [0.29, 0.717) is 0 Å². The molecule has 0 saturated carbocycles. The third kappa shape index (κ3) is 3.41. The van der Waals surface area contributed by atoms with E-state index in [9.17, 15) is 10.2 Å². The molecule has 4 heteroatoms. The second-order valence-electron chi connectivity index (χ2n) is 9.19. The molecule has 0 aromatic heterocycles. The Hall–Kier alpha value is -5.14. The number of rotatable bonds is 2. The summed E-state index contributed by atoms with van der Waals surface area (Å²) in [7, 11) is 0. The number of nitrogens with two attached hydrogens (primary N) is 2. The molecule has 4 nitrogen and oxygen atoms in total. The van der Waals surface area contributed by atoms with Gasteiger partial charge in [0.05, 0.1) is 16.8 Å². The van der Waals surface area contributed by atoms with E-state index in [0.717, 1.165) is 44.5 Å². The zero-order chi connectivity index (χ0) is 25.6. The average molecular weight is 481 g/mol. The van der Waals surface area contributed by atoms with E-state index in [2.05, 4.69) is 30.0 Å². The minimum absolute atomic E-state index is 0.0211. The lowest BCUT2D eigenvalue weighted by Crippen LogP contribution is -2.29. The Bertz CT molecular complexity index is 1680. The standard InChI is InChI=1S/C33H24N2O2/c34-28-19-23(15-17-30(28)36)33(24-16-18-31(37)29(35)20-24)27-12-5-4-10-25(27)26-11-6-9-22(32(26)33)14-13-21-7-2-1-3-8-21/h1-12,15-20,36-37H,34-35H2. The molecule has 0 aliphatic heterocycles. The van der Waals surface area contributed by atoms with Gasteiger partial charge >= 0.3 is 0 Å². The molecule has 0 amide bonds. The van der Waals surface area contributed by atoms with Crippen molar-refractivity contribution in [3.8, 4) is 34.5 Å². The Morgan fingerprint density at radius 1 is 0.568 bits per heavy atom. The number of benzene rings is 5. The van der Waals surface area contributed by atoms with Crippen molar-refractivity contribution < 1.29 is 10.2 Å². The fraction of sp³-hybridized carbons (Fsp3) is 0.0303. The van der Waals surface area contributed by atoms with Gasteiger partial charge in [-0.25, -0.2) is 0 Å². The summed E-state index contributed by atoms with van der Waals surface area (Å²) in [5, 5.41) is 20.6. The minimum Gasteiger partial charge on any atom is -0.506 e. The Morgan fingerprint density at radius 3 is 1.81 bits per heavy atom.